The van der Waals surface area contributed by atoms with Crippen molar-refractivity contribution in [1.29, 1.82) is 0 Å². The lowest BCUT2D eigenvalue weighted by Gasteiger charge is -2.02. The van der Waals surface area contributed by atoms with E-state index in [0.717, 1.165) is 0 Å². The lowest BCUT2D eigenvalue weighted by molar-refractivity contribution is 0.386. The van der Waals surface area contributed by atoms with E-state index in [4.69, 9.17) is 20.9 Å². The van der Waals surface area contributed by atoms with Crippen molar-refractivity contribution in [3.05, 3.63) is 29.8 Å². The van der Waals surface area contributed by atoms with E-state index in [1.54, 1.807) is 6.92 Å². The second-order valence-electron chi connectivity index (χ2n) is 3.42. The first-order valence-electron chi connectivity index (χ1n) is 4.93. The van der Waals surface area contributed by atoms with E-state index < -0.39 is 5.82 Å². The molecule has 1 aromatic heterocycles. The van der Waals surface area contributed by atoms with Crippen molar-refractivity contribution in [2.75, 3.05) is 7.11 Å². The van der Waals surface area contributed by atoms with Crippen LogP contribution >= 0.6 is 11.6 Å². The lowest BCUT2D eigenvalue weighted by Crippen LogP contribution is -1.89. The molecule has 0 aliphatic heterocycles. The Balaban J connectivity index is 2.38. The molecule has 0 bridgehead atoms. The summed E-state index contributed by atoms with van der Waals surface area (Å²) in [7, 11) is 1.39. The topological polar surface area (TPSA) is 48.2 Å². The predicted molar refractivity (Wildman–Crippen MR) is 60.5 cm³/mol. The molecule has 1 aromatic carbocycles. The zero-order chi connectivity index (χ0) is 12.4. The Morgan fingerprint density at radius 1 is 1.47 bits per heavy atom. The monoisotopic (exact) mass is 256 g/mol. The van der Waals surface area contributed by atoms with E-state index in [2.05, 4.69) is 10.1 Å². The van der Waals surface area contributed by atoms with Crippen molar-refractivity contribution in [1.82, 2.24) is 10.1 Å². The van der Waals surface area contributed by atoms with Gasteiger partial charge in [-0.15, -0.1) is 11.6 Å². The van der Waals surface area contributed by atoms with Gasteiger partial charge in [0, 0.05) is 5.56 Å². The maximum absolute atomic E-state index is 13.2. The van der Waals surface area contributed by atoms with Crippen LogP contribution in [0.4, 0.5) is 4.39 Å². The highest BCUT2D eigenvalue weighted by Gasteiger charge is 2.14. The van der Waals surface area contributed by atoms with Crippen LogP contribution in [0.1, 0.15) is 18.1 Å². The summed E-state index contributed by atoms with van der Waals surface area (Å²) in [4.78, 5) is 4.10. The van der Waals surface area contributed by atoms with Crippen LogP contribution in [0, 0.1) is 5.82 Å². The molecule has 6 heteroatoms. The molecule has 2 rings (SSSR count). The molecule has 1 heterocycles. The molecule has 0 aliphatic rings. The van der Waals surface area contributed by atoms with Gasteiger partial charge in [0.15, 0.2) is 17.4 Å². The predicted octanol–water partition coefficient (Wildman–Crippen LogP) is 3.18. The van der Waals surface area contributed by atoms with Crippen molar-refractivity contribution in [2.24, 2.45) is 0 Å². The summed E-state index contributed by atoms with van der Waals surface area (Å²) in [5.41, 5.74) is 0.583. The number of aromatic nitrogens is 2. The molecule has 0 radical (unpaired) electrons. The van der Waals surface area contributed by atoms with Crippen molar-refractivity contribution in [3.8, 4) is 17.2 Å². The number of methoxy groups -OCH3 is 1. The second kappa shape index (κ2) is 4.71. The molecule has 0 spiro atoms. The fourth-order valence-electron chi connectivity index (χ4n) is 1.31. The second-order valence-corrected chi connectivity index (χ2v) is 4.08. The molecule has 0 amide bonds. The van der Waals surface area contributed by atoms with Gasteiger partial charge in [-0.3, -0.25) is 0 Å². The first-order valence-corrected chi connectivity index (χ1v) is 5.37. The van der Waals surface area contributed by atoms with Gasteiger partial charge in [0.2, 0.25) is 0 Å². The van der Waals surface area contributed by atoms with E-state index in [0.29, 0.717) is 11.4 Å². The fraction of sp³-hybridized carbons (Fsp3) is 0.273. The number of hydrogen-bond acceptors (Lipinski definition) is 4. The Hall–Kier alpha value is -1.62. The molecular formula is C11H10ClFN2O2. The van der Waals surface area contributed by atoms with E-state index in [1.807, 2.05) is 0 Å². The summed E-state index contributed by atoms with van der Waals surface area (Å²) in [6, 6.07) is 4.31. The van der Waals surface area contributed by atoms with Gasteiger partial charge in [-0.25, -0.2) is 4.39 Å². The van der Waals surface area contributed by atoms with Crippen LogP contribution in [0.15, 0.2) is 22.7 Å². The molecule has 17 heavy (non-hydrogen) atoms. The quantitative estimate of drug-likeness (QED) is 0.792. The molecule has 0 N–H and O–H groups in total. The Kier molecular flexibility index (Phi) is 3.28. The molecule has 90 valence electrons. The summed E-state index contributed by atoms with van der Waals surface area (Å²) in [5.74, 6) is 0.360. The largest absolute Gasteiger partial charge is 0.494 e. The molecule has 0 saturated heterocycles. The minimum Gasteiger partial charge on any atom is -0.494 e. The van der Waals surface area contributed by atoms with Gasteiger partial charge >= 0.3 is 0 Å². The molecule has 4 nitrogen and oxygen atoms in total. The number of halogens is 2. The van der Waals surface area contributed by atoms with Gasteiger partial charge in [-0.1, -0.05) is 5.16 Å². The Morgan fingerprint density at radius 3 is 2.82 bits per heavy atom. The van der Waals surface area contributed by atoms with E-state index >= 15 is 0 Å². The third-order valence-corrected chi connectivity index (χ3v) is 2.39. The van der Waals surface area contributed by atoms with Gasteiger partial charge in [-0.05, 0) is 25.1 Å². The number of rotatable bonds is 3. The van der Waals surface area contributed by atoms with Gasteiger partial charge in [-0.2, -0.15) is 4.98 Å². The van der Waals surface area contributed by atoms with Crippen molar-refractivity contribution >= 4 is 11.6 Å². The maximum Gasteiger partial charge on any atom is 0.258 e. The Morgan fingerprint density at radius 2 is 2.24 bits per heavy atom. The zero-order valence-electron chi connectivity index (χ0n) is 9.28. The standard InChI is InChI=1S/C11H10ClFN2O2/c1-6(12)10-14-11(17-15-10)7-3-4-8(13)9(5-7)16-2/h3-6H,1-2H3. The van der Waals surface area contributed by atoms with Gasteiger partial charge in [0.05, 0.1) is 12.5 Å². The van der Waals surface area contributed by atoms with Crippen LogP contribution in [0.25, 0.3) is 11.5 Å². The van der Waals surface area contributed by atoms with E-state index in [-0.39, 0.29) is 17.0 Å². The van der Waals surface area contributed by atoms with Crippen LogP contribution in [0.5, 0.6) is 5.75 Å². The summed E-state index contributed by atoms with van der Waals surface area (Å²) in [6.07, 6.45) is 0. The highest BCUT2D eigenvalue weighted by atomic mass is 35.5. The molecule has 0 fully saturated rings. The van der Waals surface area contributed by atoms with Crippen molar-refractivity contribution < 1.29 is 13.7 Å². The van der Waals surface area contributed by atoms with Crippen LogP contribution in [-0.2, 0) is 0 Å². The van der Waals surface area contributed by atoms with Gasteiger partial charge in [0.25, 0.3) is 5.89 Å². The van der Waals surface area contributed by atoms with E-state index in [9.17, 15) is 4.39 Å². The number of alkyl halides is 1. The molecule has 0 aliphatic carbocycles. The van der Waals surface area contributed by atoms with Crippen LogP contribution in [-0.4, -0.2) is 17.3 Å². The average Bonchev–Trinajstić information content (AvgIpc) is 2.79. The molecule has 1 atom stereocenters. The average molecular weight is 257 g/mol. The van der Waals surface area contributed by atoms with Crippen molar-refractivity contribution in [2.45, 2.75) is 12.3 Å². The zero-order valence-corrected chi connectivity index (χ0v) is 10.0. The molecule has 0 saturated carbocycles. The lowest BCUT2D eigenvalue weighted by atomic mass is 10.2. The summed E-state index contributed by atoms with van der Waals surface area (Å²) >= 11 is 5.82. The van der Waals surface area contributed by atoms with Crippen LogP contribution in [0.2, 0.25) is 0 Å². The first-order chi connectivity index (χ1) is 8.11. The van der Waals surface area contributed by atoms with E-state index in [1.165, 1.54) is 25.3 Å². The number of nitrogens with zero attached hydrogens (tertiary/aromatic N) is 2. The Labute approximate surface area is 102 Å². The smallest absolute Gasteiger partial charge is 0.258 e. The summed E-state index contributed by atoms with van der Waals surface area (Å²) < 4.78 is 23.1. The minimum atomic E-state index is -0.443. The number of hydrogen-bond donors (Lipinski definition) is 0. The molecular weight excluding hydrogens is 247 g/mol. The summed E-state index contributed by atoms with van der Waals surface area (Å²) in [6.45, 7) is 1.74. The highest BCUT2D eigenvalue weighted by molar-refractivity contribution is 6.20. The maximum atomic E-state index is 13.2. The third kappa shape index (κ3) is 2.39. The number of ether oxygens (including phenoxy) is 1. The molecule has 1 unspecified atom stereocenters. The first kappa shape index (κ1) is 11.9. The number of benzene rings is 1. The molecule has 2 aromatic rings. The Bertz CT molecular complexity index is 528. The van der Waals surface area contributed by atoms with Crippen molar-refractivity contribution in [3.63, 3.8) is 0 Å². The highest BCUT2D eigenvalue weighted by Crippen LogP contribution is 2.26. The van der Waals surface area contributed by atoms with Gasteiger partial charge in [0.1, 0.15) is 0 Å². The fourth-order valence-corrected chi connectivity index (χ4v) is 1.40. The minimum absolute atomic E-state index is 0.126. The SMILES string of the molecule is COc1cc(-c2nc(C(C)Cl)no2)ccc1F. The van der Waals surface area contributed by atoms with Gasteiger partial charge < -0.3 is 9.26 Å². The third-order valence-electron chi connectivity index (χ3n) is 2.20. The van der Waals surface area contributed by atoms with Crippen LogP contribution < -0.4 is 4.74 Å². The normalized spacial score (nSPS) is 12.5. The van der Waals surface area contributed by atoms with Crippen LogP contribution in [0.3, 0.4) is 0 Å². The summed E-state index contributed by atoms with van der Waals surface area (Å²) in [5, 5.41) is 3.38.